The number of hydrogen-bond donors (Lipinski definition) is 2. The van der Waals surface area contributed by atoms with Crippen molar-refractivity contribution in [1.29, 1.82) is 5.26 Å². The summed E-state index contributed by atoms with van der Waals surface area (Å²) in [5.41, 5.74) is 2.83. The summed E-state index contributed by atoms with van der Waals surface area (Å²) >= 11 is 0. The molecule has 0 bridgehead atoms. The minimum atomic E-state index is -0.601. The largest absolute Gasteiger partial charge is 0.481 e. The molecule has 1 heterocycles. The number of fused-ring (bicyclic) bond motifs is 1. The summed E-state index contributed by atoms with van der Waals surface area (Å²) in [6, 6.07) is 16.9. The topological polar surface area (TPSA) is 77.9 Å². The molecule has 0 spiro atoms. The van der Waals surface area contributed by atoms with Crippen molar-refractivity contribution >= 4 is 16.8 Å². The minimum absolute atomic E-state index is 0.163. The molecule has 126 valence electrons. The zero-order valence-corrected chi connectivity index (χ0v) is 14.0. The second-order valence-corrected chi connectivity index (χ2v) is 5.80. The van der Waals surface area contributed by atoms with Gasteiger partial charge in [0.15, 0.2) is 6.10 Å². The Bertz CT molecular complexity index is 907. The standard InChI is InChI=1S/C20H19N3O2/c1-14(25-17-8-6-15(12-21)7-9-17)20(24)22-11-10-16-13-23-19-5-3-2-4-18(16)19/h2-9,13-14,23H,10-11H2,1H3,(H,22,24)/t14-/m1/s1. The Kier molecular flexibility index (Phi) is 5.00. The first kappa shape index (κ1) is 16.6. The highest BCUT2D eigenvalue weighted by Gasteiger charge is 2.14. The monoisotopic (exact) mass is 333 g/mol. The number of para-hydroxylation sites is 1. The van der Waals surface area contributed by atoms with Crippen LogP contribution in [0.2, 0.25) is 0 Å². The number of nitrogens with one attached hydrogen (secondary N) is 2. The number of benzene rings is 2. The Hall–Kier alpha value is -3.26. The maximum Gasteiger partial charge on any atom is 0.260 e. The molecular formula is C20H19N3O2. The van der Waals surface area contributed by atoms with Gasteiger partial charge in [-0.3, -0.25) is 4.79 Å². The van der Waals surface area contributed by atoms with Crippen molar-refractivity contribution in [1.82, 2.24) is 10.3 Å². The fraction of sp³-hybridized carbons (Fsp3) is 0.200. The second kappa shape index (κ2) is 7.54. The van der Waals surface area contributed by atoms with Crippen LogP contribution in [-0.2, 0) is 11.2 Å². The highest BCUT2D eigenvalue weighted by molar-refractivity contribution is 5.83. The van der Waals surface area contributed by atoms with Gasteiger partial charge in [0.25, 0.3) is 5.91 Å². The smallest absolute Gasteiger partial charge is 0.260 e. The van der Waals surface area contributed by atoms with Crippen molar-refractivity contribution in [3.63, 3.8) is 0 Å². The van der Waals surface area contributed by atoms with Crippen LogP contribution in [0.1, 0.15) is 18.1 Å². The predicted octanol–water partition coefficient (Wildman–Crippen LogP) is 3.17. The lowest BCUT2D eigenvalue weighted by molar-refractivity contribution is -0.127. The van der Waals surface area contributed by atoms with Gasteiger partial charge in [-0.05, 0) is 49.2 Å². The minimum Gasteiger partial charge on any atom is -0.481 e. The molecule has 5 nitrogen and oxygen atoms in total. The van der Waals surface area contributed by atoms with E-state index in [1.54, 1.807) is 31.2 Å². The highest BCUT2D eigenvalue weighted by atomic mass is 16.5. The van der Waals surface area contributed by atoms with Gasteiger partial charge < -0.3 is 15.0 Å². The zero-order valence-electron chi connectivity index (χ0n) is 14.0. The summed E-state index contributed by atoms with van der Waals surface area (Å²) in [5, 5.41) is 12.9. The van der Waals surface area contributed by atoms with E-state index in [1.165, 1.54) is 10.9 Å². The summed E-state index contributed by atoms with van der Waals surface area (Å²) in [4.78, 5) is 15.4. The Morgan fingerprint density at radius 2 is 2.00 bits per heavy atom. The molecule has 0 aliphatic carbocycles. The van der Waals surface area contributed by atoms with Gasteiger partial charge in [-0.2, -0.15) is 5.26 Å². The van der Waals surface area contributed by atoms with Crippen LogP contribution in [0.15, 0.2) is 54.7 Å². The number of carbonyl (C=O) groups is 1. The molecule has 0 aliphatic heterocycles. The average Bonchev–Trinajstić information content (AvgIpc) is 3.05. The third-order valence-electron chi connectivity index (χ3n) is 4.03. The van der Waals surface area contributed by atoms with Gasteiger partial charge in [-0.1, -0.05) is 18.2 Å². The predicted molar refractivity (Wildman–Crippen MR) is 96.3 cm³/mol. The molecule has 0 saturated carbocycles. The third-order valence-corrected chi connectivity index (χ3v) is 4.03. The van der Waals surface area contributed by atoms with E-state index < -0.39 is 6.10 Å². The molecule has 2 aromatic carbocycles. The summed E-state index contributed by atoms with van der Waals surface area (Å²) in [6.07, 6.45) is 2.13. The number of ether oxygens (including phenoxy) is 1. The lowest BCUT2D eigenvalue weighted by atomic mass is 10.1. The maximum absolute atomic E-state index is 12.2. The van der Waals surface area contributed by atoms with Crippen LogP contribution in [0, 0.1) is 11.3 Å². The number of amides is 1. The van der Waals surface area contributed by atoms with Gasteiger partial charge in [0.2, 0.25) is 0 Å². The maximum atomic E-state index is 12.2. The Balaban J connectivity index is 1.50. The fourth-order valence-corrected chi connectivity index (χ4v) is 2.67. The summed E-state index contributed by atoms with van der Waals surface area (Å²) in [5.74, 6) is 0.405. The van der Waals surface area contributed by atoms with E-state index in [0.717, 1.165) is 11.9 Å². The van der Waals surface area contributed by atoms with Crippen molar-refractivity contribution in [3.8, 4) is 11.8 Å². The lowest BCUT2D eigenvalue weighted by Gasteiger charge is -2.14. The Labute approximate surface area is 146 Å². The molecule has 5 heteroatoms. The van der Waals surface area contributed by atoms with Gasteiger partial charge in [0.05, 0.1) is 11.6 Å². The van der Waals surface area contributed by atoms with Crippen molar-refractivity contribution in [2.24, 2.45) is 0 Å². The van der Waals surface area contributed by atoms with Crippen LogP contribution in [0.4, 0.5) is 0 Å². The normalized spacial score (nSPS) is 11.7. The fourth-order valence-electron chi connectivity index (χ4n) is 2.67. The molecule has 25 heavy (non-hydrogen) atoms. The SMILES string of the molecule is C[C@@H](Oc1ccc(C#N)cc1)C(=O)NCCc1c[nH]c2ccccc12. The molecule has 3 rings (SSSR count). The molecule has 1 aromatic heterocycles. The average molecular weight is 333 g/mol. The van der Waals surface area contributed by atoms with Crippen LogP contribution in [0.5, 0.6) is 5.75 Å². The molecule has 2 N–H and O–H groups in total. The van der Waals surface area contributed by atoms with Gasteiger partial charge in [-0.15, -0.1) is 0 Å². The van der Waals surface area contributed by atoms with E-state index in [0.29, 0.717) is 17.9 Å². The van der Waals surface area contributed by atoms with E-state index in [2.05, 4.69) is 16.4 Å². The van der Waals surface area contributed by atoms with Gasteiger partial charge in [0.1, 0.15) is 5.75 Å². The van der Waals surface area contributed by atoms with Crippen molar-refractivity contribution in [2.75, 3.05) is 6.54 Å². The van der Waals surface area contributed by atoms with Crippen molar-refractivity contribution in [2.45, 2.75) is 19.4 Å². The van der Waals surface area contributed by atoms with Gasteiger partial charge in [-0.25, -0.2) is 0 Å². The van der Waals surface area contributed by atoms with Crippen molar-refractivity contribution < 1.29 is 9.53 Å². The van der Waals surface area contributed by atoms with Crippen LogP contribution in [0.3, 0.4) is 0 Å². The highest BCUT2D eigenvalue weighted by Crippen LogP contribution is 2.18. The molecule has 1 atom stereocenters. The first-order valence-corrected chi connectivity index (χ1v) is 8.17. The van der Waals surface area contributed by atoms with E-state index in [1.807, 2.05) is 30.5 Å². The van der Waals surface area contributed by atoms with E-state index in [9.17, 15) is 4.79 Å². The quantitative estimate of drug-likeness (QED) is 0.727. The number of nitriles is 1. The van der Waals surface area contributed by atoms with Crippen LogP contribution in [0.25, 0.3) is 10.9 Å². The Morgan fingerprint density at radius 1 is 1.24 bits per heavy atom. The molecule has 0 fully saturated rings. The molecule has 0 saturated heterocycles. The number of H-pyrrole nitrogens is 1. The summed E-state index contributed by atoms with van der Waals surface area (Å²) in [7, 11) is 0. The number of rotatable bonds is 6. The van der Waals surface area contributed by atoms with Gasteiger partial charge in [0, 0.05) is 23.6 Å². The third kappa shape index (κ3) is 3.99. The molecule has 0 aliphatic rings. The van der Waals surface area contributed by atoms with Crippen LogP contribution in [-0.4, -0.2) is 23.5 Å². The second-order valence-electron chi connectivity index (χ2n) is 5.80. The number of aromatic nitrogens is 1. The van der Waals surface area contributed by atoms with Crippen molar-refractivity contribution in [3.05, 3.63) is 65.9 Å². The molecule has 0 unspecified atom stereocenters. The molecule has 1 amide bonds. The first-order chi connectivity index (χ1) is 12.2. The van der Waals surface area contributed by atoms with Crippen LogP contribution >= 0.6 is 0 Å². The van der Waals surface area contributed by atoms with E-state index in [4.69, 9.17) is 10.00 Å². The Morgan fingerprint density at radius 3 is 2.76 bits per heavy atom. The number of carbonyl (C=O) groups excluding carboxylic acids is 1. The first-order valence-electron chi connectivity index (χ1n) is 8.17. The number of nitrogens with zero attached hydrogens (tertiary/aromatic N) is 1. The lowest BCUT2D eigenvalue weighted by Crippen LogP contribution is -2.37. The molecule has 3 aromatic rings. The number of aromatic amines is 1. The number of hydrogen-bond acceptors (Lipinski definition) is 3. The summed E-state index contributed by atoms with van der Waals surface area (Å²) < 4.78 is 5.61. The molecular weight excluding hydrogens is 314 g/mol. The van der Waals surface area contributed by atoms with E-state index in [-0.39, 0.29) is 5.91 Å². The van der Waals surface area contributed by atoms with Crippen LogP contribution < -0.4 is 10.1 Å². The van der Waals surface area contributed by atoms with Gasteiger partial charge >= 0.3 is 0 Å². The molecule has 0 radical (unpaired) electrons. The zero-order chi connectivity index (χ0) is 17.6. The van der Waals surface area contributed by atoms with E-state index >= 15 is 0 Å². The summed E-state index contributed by atoms with van der Waals surface area (Å²) in [6.45, 7) is 2.25.